The molecule has 6 nitrogen and oxygen atoms in total. The zero-order chi connectivity index (χ0) is 15.6. The number of nitrogen functional groups attached to an aromatic ring is 1. The summed E-state index contributed by atoms with van der Waals surface area (Å²) < 4.78 is 5.64. The lowest BCUT2D eigenvalue weighted by Crippen LogP contribution is -2.11. The molecular weight excluding hydrogens is 313 g/mol. The molecule has 0 aliphatic heterocycles. The molecular formula is C13H13Cl2N5O. The summed E-state index contributed by atoms with van der Waals surface area (Å²) in [4.78, 5) is 12.0. The molecule has 0 aliphatic carbocycles. The SMILES string of the molecule is CC(=N)c1nc(O[C@H](C)c2c(Cl)cncc2Cl)ncc1N. The van der Waals surface area contributed by atoms with Crippen molar-refractivity contribution in [2.45, 2.75) is 20.0 Å². The molecule has 8 heteroatoms. The van der Waals surface area contributed by atoms with Crippen molar-refractivity contribution in [1.82, 2.24) is 15.0 Å². The van der Waals surface area contributed by atoms with Crippen LogP contribution in [-0.2, 0) is 0 Å². The smallest absolute Gasteiger partial charge is 0.317 e. The minimum Gasteiger partial charge on any atom is -0.455 e. The molecule has 0 saturated heterocycles. The number of aromatic nitrogens is 3. The molecule has 0 aromatic carbocycles. The van der Waals surface area contributed by atoms with Crippen LogP contribution in [0.3, 0.4) is 0 Å². The number of rotatable bonds is 4. The van der Waals surface area contributed by atoms with Crippen LogP contribution < -0.4 is 10.5 Å². The highest BCUT2D eigenvalue weighted by Gasteiger charge is 2.18. The maximum absolute atomic E-state index is 7.61. The second-order valence-corrected chi connectivity index (χ2v) is 5.17. The maximum Gasteiger partial charge on any atom is 0.317 e. The van der Waals surface area contributed by atoms with Gasteiger partial charge < -0.3 is 15.9 Å². The fraction of sp³-hybridized carbons (Fsp3) is 0.231. The van der Waals surface area contributed by atoms with Crippen molar-refractivity contribution >= 4 is 34.6 Å². The van der Waals surface area contributed by atoms with E-state index in [1.54, 1.807) is 13.8 Å². The minimum atomic E-state index is -0.476. The van der Waals surface area contributed by atoms with Crippen LogP contribution in [0.1, 0.15) is 31.2 Å². The van der Waals surface area contributed by atoms with Crippen molar-refractivity contribution in [3.8, 4) is 6.01 Å². The molecule has 110 valence electrons. The lowest BCUT2D eigenvalue weighted by molar-refractivity contribution is 0.207. The third-order valence-electron chi connectivity index (χ3n) is 2.73. The highest BCUT2D eigenvalue weighted by molar-refractivity contribution is 6.35. The summed E-state index contributed by atoms with van der Waals surface area (Å²) in [5.41, 5.74) is 7.19. The van der Waals surface area contributed by atoms with E-state index in [1.807, 2.05) is 0 Å². The highest BCUT2D eigenvalue weighted by atomic mass is 35.5. The second kappa shape index (κ2) is 6.24. The van der Waals surface area contributed by atoms with Crippen LogP contribution in [0.5, 0.6) is 6.01 Å². The topological polar surface area (TPSA) is 97.8 Å². The van der Waals surface area contributed by atoms with Crippen LogP contribution in [0.25, 0.3) is 0 Å². The van der Waals surface area contributed by atoms with E-state index in [0.29, 0.717) is 27.0 Å². The van der Waals surface area contributed by atoms with E-state index >= 15 is 0 Å². The van der Waals surface area contributed by atoms with Crippen molar-refractivity contribution in [1.29, 1.82) is 5.41 Å². The highest BCUT2D eigenvalue weighted by Crippen LogP contribution is 2.31. The molecule has 21 heavy (non-hydrogen) atoms. The first-order valence-corrected chi connectivity index (χ1v) is 6.79. The standard InChI is InChI=1S/C13H13Cl2N5O/c1-6(16)12-10(17)5-19-13(20-12)21-7(2)11-8(14)3-18-4-9(11)15/h3-5,7,16H,17H2,1-2H3/t7-/m1/s1. The molecule has 0 amide bonds. The van der Waals surface area contributed by atoms with Gasteiger partial charge in [0.25, 0.3) is 0 Å². The fourth-order valence-electron chi connectivity index (χ4n) is 1.76. The molecule has 0 fully saturated rings. The predicted octanol–water partition coefficient (Wildman–Crippen LogP) is 3.29. The number of nitrogens with two attached hydrogens (primary N) is 1. The first kappa shape index (κ1) is 15.5. The molecule has 1 atom stereocenters. The van der Waals surface area contributed by atoms with E-state index in [4.69, 9.17) is 39.1 Å². The van der Waals surface area contributed by atoms with Gasteiger partial charge in [-0.2, -0.15) is 4.98 Å². The Labute approximate surface area is 131 Å². The molecule has 0 spiro atoms. The van der Waals surface area contributed by atoms with Crippen LogP contribution >= 0.6 is 23.2 Å². The lowest BCUT2D eigenvalue weighted by Gasteiger charge is -2.16. The number of pyridine rings is 1. The molecule has 0 bridgehead atoms. The Bertz CT molecular complexity index is 672. The number of nitrogens with zero attached hydrogens (tertiary/aromatic N) is 3. The third kappa shape index (κ3) is 3.40. The van der Waals surface area contributed by atoms with E-state index in [9.17, 15) is 0 Å². The monoisotopic (exact) mass is 325 g/mol. The third-order valence-corrected chi connectivity index (χ3v) is 3.33. The van der Waals surface area contributed by atoms with Crippen molar-refractivity contribution in [2.75, 3.05) is 5.73 Å². The summed E-state index contributed by atoms with van der Waals surface area (Å²) in [7, 11) is 0. The zero-order valence-corrected chi connectivity index (χ0v) is 12.9. The van der Waals surface area contributed by atoms with Crippen LogP contribution in [-0.4, -0.2) is 20.7 Å². The number of hydrogen-bond donors (Lipinski definition) is 2. The van der Waals surface area contributed by atoms with E-state index in [-0.39, 0.29) is 11.7 Å². The average Bonchev–Trinajstić information content (AvgIpc) is 2.40. The Morgan fingerprint density at radius 3 is 2.48 bits per heavy atom. The van der Waals surface area contributed by atoms with Crippen LogP contribution in [0, 0.1) is 5.41 Å². The Balaban J connectivity index is 2.30. The fourth-order valence-corrected chi connectivity index (χ4v) is 2.43. The van der Waals surface area contributed by atoms with Crippen molar-refractivity contribution in [2.24, 2.45) is 0 Å². The number of nitrogens with one attached hydrogen (secondary N) is 1. The average molecular weight is 326 g/mol. The van der Waals surface area contributed by atoms with Crippen molar-refractivity contribution in [3.63, 3.8) is 0 Å². The Kier molecular flexibility index (Phi) is 4.59. The van der Waals surface area contributed by atoms with E-state index in [2.05, 4.69) is 15.0 Å². The molecule has 2 heterocycles. The van der Waals surface area contributed by atoms with E-state index < -0.39 is 6.10 Å². The Hall–Kier alpha value is -1.92. The van der Waals surface area contributed by atoms with Gasteiger partial charge in [0.15, 0.2) is 0 Å². The maximum atomic E-state index is 7.61. The van der Waals surface area contributed by atoms with Gasteiger partial charge in [-0.25, -0.2) is 4.98 Å². The van der Waals surface area contributed by atoms with Gasteiger partial charge in [0.05, 0.1) is 27.6 Å². The van der Waals surface area contributed by atoms with E-state index in [0.717, 1.165) is 0 Å². The van der Waals surface area contributed by atoms with Gasteiger partial charge in [-0.05, 0) is 13.8 Å². The molecule has 2 rings (SSSR count). The van der Waals surface area contributed by atoms with Gasteiger partial charge in [0, 0.05) is 18.0 Å². The molecule has 0 unspecified atom stereocenters. The summed E-state index contributed by atoms with van der Waals surface area (Å²) in [6.45, 7) is 3.35. The molecule has 0 saturated carbocycles. The summed E-state index contributed by atoms with van der Waals surface area (Å²) in [6, 6.07) is 0.0993. The van der Waals surface area contributed by atoms with Gasteiger partial charge >= 0.3 is 6.01 Å². The first-order valence-electron chi connectivity index (χ1n) is 6.03. The van der Waals surface area contributed by atoms with E-state index in [1.165, 1.54) is 18.6 Å². The number of ether oxygens (including phenoxy) is 1. The lowest BCUT2D eigenvalue weighted by atomic mass is 10.2. The summed E-state index contributed by atoms with van der Waals surface area (Å²) >= 11 is 12.2. The molecule has 2 aromatic rings. The largest absolute Gasteiger partial charge is 0.455 e. The van der Waals surface area contributed by atoms with Crippen LogP contribution in [0.4, 0.5) is 5.69 Å². The number of hydrogen-bond acceptors (Lipinski definition) is 6. The molecule has 2 aromatic heterocycles. The van der Waals surface area contributed by atoms with Gasteiger partial charge in [-0.15, -0.1) is 0 Å². The Morgan fingerprint density at radius 2 is 1.90 bits per heavy atom. The summed E-state index contributed by atoms with van der Waals surface area (Å²) in [5, 5.41) is 8.41. The van der Waals surface area contributed by atoms with Crippen LogP contribution in [0.15, 0.2) is 18.6 Å². The zero-order valence-electron chi connectivity index (χ0n) is 11.4. The molecule has 0 radical (unpaired) electrons. The van der Waals surface area contributed by atoms with Gasteiger partial charge in [0.2, 0.25) is 0 Å². The molecule has 3 N–H and O–H groups in total. The van der Waals surface area contributed by atoms with Crippen LogP contribution in [0.2, 0.25) is 10.0 Å². The quantitative estimate of drug-likeness (QED) is 0.840. The summed E-state index contributed by atoms with van der Waals surface area (Å²) in [5.74, 6) is 0. The normalized spacial score (nSPS) is 12.0. The van der Waals surface area contributed by atoms with Crippen molar-refractivity contribution in [3.05, 3.63) is 39.9 Å². The van der Waals surface area contributed by atoms with Crippen molar-refractivity contribution < 1.29 is 4.74 Å². The van der Waals surface area contributed by atoms with Gasteiger partial charge in [-0.1, -0.05) is 23.2 Å². The number of halogens is 2. The second-order valence-electron chi connectivity index (χ2n) is 4.36. The number of anilines is 1. The Morgan fingerprint density at radius 1 is 1.29 bits per heavy atom. The van der Waals surface area contributed by atoms with Gasteiger partial charge in [-0.3, -0.25) is 4.98 Å². The predicted molar refractivity (Wildman–Crippen MR) is 82.2 cm³/mol. The molecule has 0 aliphatic rings. The van der Waals surface area contributed by atoms with Gasteiger partial charge in [0.1, 0.15) is 11.8 Å². The summed E-state index contributed by atoms with van der Waals surface area (Å²) in [6.07, 6.45) is 3.90. The minimum absolute atomic E-state index is 0.0993. The first-order chi connectivity index (χ1) is 9.90.